The number of nitrogens with one attached hydrogen (secondary N) is 1. The van der Waals surface area contributed by atoms with Crippen LogP contribution >= 0.6 is 0 Å². The number of amides is 3. The lowest BCUT2D eigenvalue weighted by molar-refractivity contribution is -0.155. The molecule has 1 aromatic heterocycles. The lowest BCUT2D eigenvalue weighted by Crippen LogP contribution is -2.47. The van der Waals surface area contributed by atoms with Crippen LogP contribution in [0.25, 0.3) is 0 Å². The van der Waals surface area contributed by atoms with E-state index in [0.29, 0.717) is 19.4 Å². The summed E-state index contributed by atoms with van der Waals surface area (Å²) >= 11 is 0. The number of hydrogen-bond donors (Lipinski definition) is 1. The van der Waals surface area contributed by atoms with E-state index in [1.165, 1.54) is 29.2 Å². The molecule has 0 radical (unpaired) electrons. The van der Waals surface area contributed by atoms with Gasteiger partial charge < -0.3 is 24.3 Å². The van der Waals surface area contributed by atoms with Gasteiger partial charge in [-0.2, -0.15) is 0 Å². The van der Waals surface area contributed by atoms with Gasteiger partial charge in [-0.1, -0.05) is 0 Å². The molecule has 28 heavy (non-hydrogen) atoms. The zero-order valence-corrected chi connectivity index (χ0v) is 16.7. The minimum Gasteiger partial charge on any atom is -0.459 e. The number of hydrogen-bond acceptors (Lipinski definition) is 6. The largest absolute Gasteiger partial charge is 0.459 e. The standard InChI is InChI=1S/C19H27N3O6/c1-19(2,3)20-15(23)11-21(4)16(24)12-28-18(26)13-7-5-9-22(13)17(25)14-8-6-10-27-14/h6,8,10,13H,5,7,9,11-12H2,1-4H3,(H,20,23)/t13-/m0/s1. The molecule has 1 atom stereocenters. The number of furan rings is 1. The van der Waals surface area contributed by atoms with Gasteiger partial charge in [0, 0.05) is 19.1 Å². The molecular weight excluding hydrogens is 366 g/mol. The van der Waals surface area contributed by atoms with Crippen molar-refractivity contribution in [1.29, 1.82) is 0 Å². The minimum atomic E-state index is -0.750. The molecule has 3 amide bonds. The molecule has 0 spiro atoms. The number of carbonyl (C=O) groups is 4. The first-order valence-electron chi connectivity index (χ1n) is 9.14. The number of likely N-dealkylation sites (N-methyl/N-ethyl adjacent to an activating group) is 1. The molecule has 1 fully saturated rings. The Labute approximate surface area is 164 Å². The molecule has 1 aliphatic rings. The van der Waals surface area contributed by atoms with E-state index in [-0.39, 0.29) is 24.1 Å². The molecule has 1 N–H and O–H groups in total. The molecule has 154 valence electrons. The van der Waals surface area contributed by atoms with Crippen LogP contribution in [-0.2, 0) is 19.1 Å². The van der Waals surface area contributed by atoms with Gasteiger partial charge >= 0.3 is 5.97 Å². The molecule has 2 heterocycles. The van der Waals surface area contributed by atoms with E-state index in [0.717, 1.165) is 0 Å². The van der Waals surface area contributed by atoms with E-state index in [2.05, 4.69) is 5.32 Å². The fraction of sp³-hybridized carbons (Fsp3) is 0.579. The fourth-order valence-corrected chi connectivity index (χ4v) is 2.90. The van der Waals surface area contributed by atoms with Crippen LogP contribution in [0.5, 0.6) is 0 Å². The van der Waals surface area contributed by atoms with Gasteiger partial charge in [-0.25, -0.2) is 4.79 Å². The highest BCUT2D eigenvalue weighted by Gasteiger charge is 2.37. The number of ether oxygens (including phenoxy) is 1. The van der Waals surface area contributed by atoms with Gasteiger partial charge in [-0.3, -0.25) is 14.4 Å². The molecule has 0 aliphatic carbocycles. The third kappa shape index (κ3) is 5.83. The summed E-state index contributed by atoms with van der Waals surface area (Å²) in [6.07, 6.45) is 2.51. The van der Waals surface area contributed by atoms with Crippen LogP contribution < -0.4 is 5.32 Å². The van der Waals surface area contributed by atoms with E-state index in [1.807, 2.05) is 20.8 Å². The average molecular weight is 393 g/mol. The van der Waals surface area contributed by atoms with Crippen molar-refractivity contribution in [1.82, 2.24) is 15.1 Å². The maximum atomic E-state index is 12.4. The monoisotopic (exact) mass is 393 g/mol. The Hall–Kier alpha value is -2.84. The summed E-state index contributed by atoms with van der Waals surface area (Å²) in [4.78, 5) is 51.4. The van der Waals surface area contributed by atoms with Gasteiger partial charge in [0.1, 0.15) is 6.04 Å². The topological polar surface area (TPSA) is 109 Å². The van der Waals surface area contributed by atoms with E-state index < -0.39 is 30.1 Å². The van der Waals surface area contributed by atoms with Crippen LogP contribution in [0, 0.1) is 0 Å². The molecule has 9 nitrogen and oxygen atoms in total. The third-order valence-corrected chi connectivity index (χ3v) is 4.18. The number of esters is 1. The number of rotatable bonds is 6. The summed E-state index contributed by atoms with van der Waals surface area (Å²) in [6, 6.07) is 2.38. The van der Waals surface area contributed by atoms with Gasteiger partial charge in [-0.15, -0.1) is 0 Å². The van der Waals surface area contributed by atoms with Gasteiger partial charge in [0.2, 0.25) is 5.91 Å². The number of likely N-dealkylation sites (tertiary alicyclic amines) is 1. The second kappa shape index (κ2) is 8.90. The predicted molar refractivity (Wildman–Crippen MR) is 99.3 cm³/mol. The zero-order valence-electron chi connectivity index (χ0n) is 16.7. The third-order valence-electron chi connectivity index (χ3n) is 4.18. The average Bonchev–Trinajstić information content (AvgIpc) is 3.28. The van der Waals surface area contributed by atoms with Gasteiger partial charge in [0.25, 0.3) is 11.8 Å². The van der Waals surface area contributed by atoms with Crippen LogP contribution in [0.15, 0.2) is 22.8 Å². The van der Waals surface area contributed by atoms with Crippen molar-refractivity contribution in [2.24, 2.45) is 0 Å². The second-order valence-electron chi connectivity index (χ2n) is 7.79. The second-order valence-corrected chi connectivity index (χ2v) is 7.79. The van der Waals surface area contributed by atoms with Crippen molar-refractivity contribution in [3.8, 4) is 0 Å². The SMILES string of the molecule is CN(CC(=O)NC(C)(C)C)C(=O)COC(=O)[C@@H]1CCCN1C(=O)c1ccco1. The summed E-state index contributed by atoms with van der Waals surface area (Å²) < 4.78 is 10.2. The minimum absolute atomic E-state index is 0.139. The van der Waals surface area contributed by atoms with E-state index in [4.69, 9.17) is 9.15 Å². The molecule has 1 aliphatic heterocycles. The Morgan fingerprint density at radius 2 is 2.04 bits per heavy atom. The van der Waals surface area contributed by atoms with Crippen LogP contribution in [0.4, 0.5) is 0 Å². The molecule has 0 unspecified atom stereocenters. The summed E-state index contributed by atoms with van der Waals surface area (Å²) in [5, 5.41) is 2.75. The summed E-state index contributed by atoms with van der Waals surface area (Å²) in [6.45, 7) is 5.31. The first-order chi connectivity index (χ1) is 13.1. The predicted octanol–water partition coefficient (Wildman–Crippen LogP) is 0.801. The van der Waals surface area contributed by atoms with E-state index in [9.17, 15) is 19.2 Å². The number of carbonyl (C=O) groups excluding carboxylic acids is 4. The highest BCUT2D eigenvalue weighted by molar-refractivity contribution is 5.95. The normalized spacial score (nSPS) is 16.6. The Morgan fingerprint density at radius 1 is 1.32 bits per heavy atom. The molecule has 0 saturated carbocycles. The highest BCUT2D eigenvalue weighted by atomic mass is 16.5. The highest BCUT2D eigenvalue weighted by Crippen LogP contribution is 2.21. The molecule has 0 aromatic carbocycles. The van der Waals surface area contributed by atoms with E-state index >= 15 is 0 Å². The maximum absolute atomic E-state index is 12.4. The fourth-order valence-electron chi connectivity index (χ4n) is 2.90. The molecule has 0 bridgehead atoms. The Morgan fingerprint density at radius 3 is 2.64 bits per heavy atom. The molecular formula is C19H27N3O6. The zero-order chi connectivity index (χ0) is 20.9. The Balaban J connectivity index is 1.84. The summed E-state index contributed by atoms with van der Waals surface area (Å²) in [7, 11) is 1.46. The van der Waals surface area contributed by atoms with Crippen molar-refractivity contribution in [2.75, 3.05) is 26.7 Å². The van der Waals surface area contributed by atoms with Gasteiger partial charge in [0.05, 0.1) is 12.8 Å². The first-order valence-corrected chi connectivity index (χ1v) is 9.14. The van der Waals surface area contributed by atoms with Gasteiger partial charge in [-0.05, 0) is 45.7 Å². The van der Waals surface area contributed by atoms with Crippen LogP contribution in [-0.4, -0.2) is 71.8 Å². The molecule has 9 heteroatoms. The van der Waals surface area contributed by atoms with Crippen molar-refractivity contribution < 1.29 is 28.3 Å². The van der Waals surface area contributed by atoms with Crippen LogP contribution in [0.2, 0.25) is 0 Å². The Bertz CT molecular complexity index is 723. The lowest BCUT2D eigenvalue weighted by atomic mass is 10.1. The summed E-state index contributed by atoms with van der Waals surface area (Å²) in [5.41, 5.74) is -0.403. The first kappa shape index (κ1) is 21.5. The maximum Gasteiger partial charge on any atom is 0.329 e. The van der Waals surface area contributed by atoms with E-state index in [1.54, 1.807) is 6.07 Å². The van der Waals surface area contributed by atoms with Crippen molar-refractivity contribution in [3.63, 3.8) is 0 Å². The van der Waals surface area contributed by atoms with Crippen LogP contribution in [0.3, 0.4) is 0 Å². The molecule has 1 saturated heterocycles. The smallest absolute Gasteiger partial charge is 0.329 e. The Kier molecular flexibility index (Phi) is 6.82. The molecule has 2 rings (SSSR count). The molecule has 1 aromatic rings. The van der Waals surface area contributed by atoms with Crippen molar-refractivity contribution >= 4 is 23.7 Å². The van der Waals surface area contributed by atoms with Crippen molar-refractivity contribution in [3.05, 3.63) is 24.2 Å². The quantitative estimate of drug-likeness (QED) is 0.716. The van der Waals surface area contributed by atoms with Gasteiger partial charge in [0.15, 0.2) is 12.4 Å². The number of nitrogens with zero attached hydrogens (tertiary/aromatic N) is 2. The van der Waals surface area contributed by atoms with Crippen molar-refractivity contribution in [2.45, 2.75) is 45.2 Å². The summed E-state index contributed by atoms with van der Waals surface area (Å²) in [5.74, 6) is -1.68. The van der Waals surface area contributed by atoms with Crippen LogP contribution in [0.1, 0.15) is 44.2 Å². The lowest BCUT2D eigenvalue weighted by Gasteiger charge is -2.24.